The molecule has 0 aliphatic rings. The molecule has 4 nitrogen and oxygen atoms in total. The van der Waals surface area contributed by atoms with Crippen LogP contribution in [-0.4, -0.2) is 11.0 Å². The lowest BCUT2D eigenvalue weighted by atomic mass is 10.3. The molecule has 1 N–H and O–H groups in total. The summed E-state index contributed by atoms with van der Waals surface area (Å²) >= 11 is 10.7. The second kappa shape index (κ2) is 3.16. The van der Waals surface area contributed by atoms with Crippen LogP contribution in [0.2, 0.25) is 10.0 Å². The lowest BCUT2D eigenvalue weighted by Crippen LogP contribution is -2.26. The third-order valence-electron chi connectivity index (χ3n) is 1.18. The maximum absolute atomic E-state index is 10.9. The van der Waals surface area contributed by atoms with Gasteiger partial charge in [-0.2, -0.15) is 0 Å². The highest BCUT2D eigenvalue weighted by atomic mass is 35.5. The van der Waals surface area contributed by atoms with Crippen LogP contribution in [0.4, 0.5) is 0 Å². The molecule has 64 valence electrons. The van der Waals surface area contributed by atoms with E-state index in [2.05, 4.69) is 4.98 Å². The SMILES string of the molecule is O=C([O-])c1[nH]cc(Cl)c(=O)c1Cl. The molecule has 0 radical (unpaired) electrons. The molecule has 0 aliphatic heterocycles. The van der Waals surface area contributed by atoms with Crippen molar-refractivity contribution in [3.8, 4) is 0 Å². The van der Waals surface area contributed by atoms with Gasteiger partial charge in [-0.1, -0.05) is 23.2 Å². The van der Waals surface area contributed by atoms with E-state index in [1.54, 1.807) is 0 Å². The third-order valence-corrected chi connectivity index (χ3v) is 1.82. The van der Waals surface area contributed by atoms with Crippen LogP contribution in [0.3, 0.4) is 0 Å². The van der Waals surface area contributed by atoms with Gasteiger partial charge in [0.2, 0.25) is 5.43 Å². The number of carboxylic acids is 1. The quantitative estimate of drug-likeness (QED) is 0.706. The minimum Gasteiger partial charge on any atom is -0.543 e. The van der Waals surface area contributed by atoms with E-state index in [0.717, 1.165) is 6.20 Å². The Kier molecular flexibility index (Phi) is 2.40. The molecule has 1 rings (SSSR count). The standard InChI is InChI=1S/C6H3Cl2NO3/c7-2-1-9-4(6(11)12)3(8)5(2)10/h1H,(H,9,10)(H,11,12)/p-1. The summed E-state index contributed by atoms with van der Waals surface area (Å²) in [7, 11) is 0. The number of carbonyl (C=O) groups excluding carboxylic acids is 1. The van der Waals surface area contributed by atoms with Crippen molar-refractivity contribution in [3.05, 3.63) is 32.2 Å². The van der Waals surface area contributed by atoms with E-state index < -0.39 is 22.1 Å². The molecule has 12 heavy (non-hydrogen) atoms. The van der Waals surface area contributed by atoms with E-state index in [1.165, 1.54) is 0 Å². The number of aromatic carboxylic acids is 1. The number of rotatable bonds is 1. The van der Waals surface area contributed by atoms with E-state index in [1.807, 2.05) is 0 Å². The number of hydrogen-bond acceptors (Lipinski definition) is 3. The molecular formula is C6H2Cl2NO3-. The van der Waals surface area contributed by atoms with E-state index in [-0.39, 0.29) is 5.02 Å². The second-order valence-corrected chi connectivity index (χ2v) is 2.73. The molecule has 0 fully saturated rings. The zero-order valence-electron chi connectivity index (χ0n) is 5.56. The highest BCUT2D eigenvalue weighted by Gasteiger charge is 2.07. The summed E-state index contributed by atoms with van der Waals surface area (Å²) in [4.78, 5) is 23.4. The number of pyridine rings is 1. The van der Waals surface area contributed by atoms with Crippen molar-refractivity contribution in [1.82, 2.24) is 4.98 Å². The van der Waals surface area contributed by atoms with Crippen LogP contribution in [0.25, 0.3) is 0 Å². The van der Waals surface area contributed by atoms with Crippen LogP contribution in [0, 0.1) is 0 Å². The number of hydrogen-bond donors (Lipinski definition) is 1. The van der Waals surface area contributed by atoms with Crippen molar-refractivity contribution in [2.24, 2.45) is 0 Å². The van der Waals surface area contributed by atoms with Crippen LogP contribution < -0.4 is 10.5 Å². The van der Waals surface area contributed by atoms with E-state index in [9.17, 15) is 14.7 Å². The van der Waals surface area contributed by atoms with Gasteiger partial charge in [-0.3, -0.25) is 4.79 Å². The van der Waals surface area contributed by atoms with Gasteiger partial charge in [-0.25, -0.2) is 0 Å². The predicted molar refractivity (Wildman–Crippen MR) is 41.4 cm³/mol. The van der Waals surface area contributed by atoms with Gasteiger partial charge in [0.25, 0.3) is 0 Å². The highest BCUT2D eigenvalue weighted by molar-refractivity contribution is 6.35. The van der Waals surface area contributed by atoms with Crippen molar-refractivity contribution in [2.45, 2.75) is 0 Å². The van der Waals surface area contributed by atoms with Crippen molar-refractivity contribution >= 4 is 29.2 Å². The van der Waals surface area contributed by atoms with Crippen molar-refractivity contribution in [2.75, 3.05) is 0 Å². The Morgan fingerprint density at radius 1 is 1.50 bits per heavy atom. The summed E-state index contributed by atoms with van der Waals surface area (Å²) in [6.45, 7) is 0. The Labute approximate surface area is 76.7 Å². The predicted octanol–water partition coefficient (Wildman–Crippen LogP) is 0.0452. The summed E-state index contributed by atoms with van der Waals surface area (Å²) < 4.78 is 0. The molecule has 1 aromatic heterocycles. The van der Waals surface area contributed by atoms with Gasteiger partial charge in [0.05, 0.1) is 11.7 Å². The number of nitrogens with one attached hydrogen (secondary N) is 1. The van der Waals surface area contributed by atoms with Gasteiger partial charge in [0.15, 0.2) is 0 Å². The molecule has 0 bridgehead atoms. The van der Waals surface area contributed by atoms with E-state index in [4.69, 9.17) is 23.2 Å². The number of halogens is 2. The molecule has 0 aliphatic carbocycles. The normalized spacial score (nSPS) is 9.83. The fourth-order valence-electron chi connectivity index (χ4n) is 0.631. The summed E-state index contributed by atoms with van der Waals surface area (Å²) in [6.07, 6.45) is 1.04. The molecule has 0 atom stereocenters. The maximum Gasteiger partial charge on any atom is 0.219 e. The zero-order valence-corrected chi connectivity index (χ0v) is 7.07. The number of carboxylic acid groups (broad SMARTS) is 1. The summed E-state index contributed by atoms with van der Waals surface area (Å²) in [5, 5.41) is 9.64. The maximum atomic E-state index is 10.9. The van der Waals surface area contributed by atoms with Crippen LogP contribution in [0.5, 0.6) is 0 Å². The molecule has 1 heterocycles. The number of aromatic nitrogens is 1. The average Bonchev–Trinajstić information content (AvgIpc) is 2.00. The van der Waals surface area contributed by atoms with E-state index in [0.29, 0.717) is 0 Å². The highest BCUT2D eigenvalue weighted by Crippen LogP contribution is 2.10. The Hall–Kier alpha value is -1.00. The largest absolute Gasteiger partial charge is 0.543 e. The lowest BCUT2D eigenvalue weighted by Gasteiger charge is -2.03. The Morgan fingerprint density at radius 2 is 2.08 bits per heavy atom. The monoisotopic (exact) mass is 206 g/mol. The third kappa shape index (κ3) is 1.44. The van der Waals surface area contributed by atoms with Gasteiger partial charge < -0.3 is 14.9 Å². The number of H-pyrrole nitrogens is 1. The molecule has 0 aromatic carbocycles. The Morgan fingerprint density at radius 3 is 2.58 bits per heavy atom. The van der Waals surface area contributed by atoms with Gasteiger partial charge in [0, 0.05) is 6.20 Å². The topological polar surface area (TPSA) is 73.0 Å². The Balaban J connectivity index is 3.47. The Bertz CT molecular complexity index is 385. The zero-order chi connectivity index (χ0) is 9.30. The summed E-state index contributed by atoms with van der Waals surface area (Å²) in [5.41, 5.74) is -1.19. The number of aromatic amines is 1. The van der Waals surface area contributed by atoms with Gasteiger partial charge >= 0.3 is 0 Å². The summed E-state index contributed by atoms with van der Waals surface area (Å²) in [6, 6.07) is 0. The molecule has 1 aromatic rings. The average molecular weight is 207 g/mol. The molecular weight excluding hydrogens is 205 g/mol. The van der Waals surface area contributed by atoms with Crippen LogP contribution in [0.15, 0.2) is 11.0 Å². The van der Waals surface area contributed by atoms with Gasteiger partial charge in [-0.15, -0.1) is 0 Å². The first kappa shape index (κ1) is 9.09. The molecule has 0 spiro atoms. The molecule has 0 saturated carbocycles. The van der Waals surface area contributed by atoms with Gasteiger partial charge in [0.1, 0.15) is 10.0 Å². The minimum absolute atomic E-state index is 0.162. The van der Waals surface area contributed by atoms with Crippen LogP contribution in [-0.2, 0) is 0 Å². The smallest absolute Gasteiger partial charge is 0.219 e. The molecule has 0 unspecified atom stereocenters. The van der Waals surface area contributed by atoms with Crippen molar-refractivity contribution in [3.63, 3.8) is 0 Å². The molecule has 0 saturated heterocycles. The summed E-state index contributed by atoms with van der Waals surface area (Å²) in [5.74, 6) is -1.55. The fraction of sp³-hybridized carbons (Fsp3) is 0. The van der Waals surface area contributed by atoms with Crippen LogP contribution >= 0.6 is 23.2 Å². The molecule has 6 heteroatoms. The van der Waals surface area contributed by atoms with Gasteiger partial charge in [-0.05, 0) is 0 Å². The lowest BCUT2D eigenvalue weighted by molar-refractivity contribution is -0.255. The van der Waals surface area contributed by atoms with Crippen LogP contribution in [0.1, 0.15) is 10.5 Å². The van der Waals surface area contributed by atoms with E-state index >= 15 is 0 Å². The minimum atomic E-state index is -1.55. The first-order valence-electron chi connectivity index (χ1n) is 2.82. The fourth-order valence-corrected chi connectivity index (χ4v) is 1.06. The number of carbonyl (C=O) groups is 1. The first-order valence-corrected chi connectivity index (χ1v) is 3.57. The first-order chi connectivity index (χ1) is 5.54. The van der Waals surface area contributed by atoms with Crippen molar-refractivity contribution in [1.29, 1.82) is 0 Å². The van der Waals surface area contributed by atoms with Crippen molar-refractivity contribution < 1.29 is 9.90 Å². The molecule has 0 amide bonds. The second-order valence-electron chi connectivity index (χ2n) is 1.94.